The first kappa shape index (κ1) is 54.7. The molecule has 0 unspecified atom stereocenters. The molecule has 2 fully saturated rings. The second-order valence-corrected chi connectivity index (χ2v) is 19.6. The van der Waals surface area contributed by atoms with Gasteiger partial charge in [-0.25, -0.2) is 0 Å². The van der Waals surface area contributed by atoms with E-state index in [1.165, 1.54) is 22.3 Å². The fraction of sp³-hybridized carbons (Fsp3) is 0.415. The van der Waals surface area contributed by atoms with Gasteiger partial charge in [0.15, 0.2) is 11.6 Å². The van der Waals surface area contributed by atoms with Crippen molar-refractivity contribution in [2.75, 3.05) is 46.4 Å². The van der Waals surface area contributed by atoms with Gasteiger partial charge in [-0.05, 0) is 122 Å². The standard InChI is InChI=1S/C53H58F6N10O7/c1-30(2)37-22-39(42(71)24-41(37)70)45-62-64-47(49(72)60-28-52(54,55)56)68(45)35-12-10-33(11-13-35)27-67-20-16-34(17-21-67)51(74)76-44-25-43(75-5)38(31(3)4)23-40(44)46-63-65-48(50(73)61-29-53(57,58)59)69(46)36-14-8-32(9-15-36)26-66-18-6-7-19-66/h8-15,22-25,30-31,34,70-71H,6-7,16-21,26-29H2,1-5H3,(H,60,72)(H,61,73). The Kier molecular flexibility index (Phi) is 16.4. The summed E-state index contributed by atoms with van der Waals surface area (Å²) >= 11 is 0. The second kappa shape index (κ2) is 22.7. The smallest absolute Gasteiger partial charge is 0.405 e. The van der Waals surface area contributed by atoms with Gasteiger partial charge in [0.1, 0.15) is 36.1 Å². The first-order valence-electron chi connectivity index (χ1n) is 24.8. The van der Waals surface area contributed by atoms with E-state index in [-0.39, 0.29) is 46.1 Å². The lowest BCUT2D eigenvalue weighted by molar-refractivity contribution is -0.140. The van der Waals surface area contributed by atoms with Gasteiger partial charge in [0.2, 0.25) is 11.6 Å². The highest BCUT2D eigenvalue weighted by Crippen LogP contribution is 2.41. The van der Waals surface area contributed by atoms with Crippen LogP contribution in [0, 0.1) is 5.92 Å². The first-order chi connectivity index (χ1) is 36.1. The molecule has 0 aliphatic carbocycles. The van der Waals surface area contributed by atoms with Crippen LogP contribution in [0.15, 0.2) is 72.8 Å². The van der Waals surface area contributed by atoms with Gasteiger partial charge in [-0.2, -0.15) is 26.3 Å². The zero-order chi connectivity index (χ0) is 54.6. The Bertz CT molecular complexity index is 3050. The number of likely N-dealkylation sites (tertiary alicyclic amines) is 2. The molecule has 2 saturated heterocycles. The largest absolute Gasteiger partial charge is 0.508 e. The SMILES string of the molecule is COc1cc(OC(=O)C2CCN(Cc3ccc(-n4c(C(=O)NCC(F)(F)F)nnc4-c4cc(C(C)C)c(O)cc4O)cc3)CC2)c(-c2nnc(C(=O)NCC(F)(F)F)n2-c2ccc(CN3CCCC3)cc2)cc1C(C)C. The zero-order valence-corrected chi connectivity index (χ0v) is 42.4. The van der Waals surface area contributed by atoms with Crippen LogP contribution in [0.2, 0.25) is 0 Å². The van der Waals surface area contributed by atoms with Gasteiger partial charge in [0.05, 0.1) is 24.2 Å². The van der Waals surface area contributed by atoms with Crippen LogP contribution in [-0.2, 0) is 17.9 Å². The van der Waals surface area contributed by atoms with Crippen LogP contribution in [0.25, 0.3) is 34.2 Å². The maximum atomic E-state index is 14.2. The van der Waals surface area contributed by atoms with Crippen LogP contribution in [-0.4, -0.2) is 126 Å². The molecule has 2 amide bonds. The van der Waals surface area contributed by atoms with E-state index in [1.54, 1.807) is 48.5 Å². The summed E-state index contributed by atoms with van der Waals surface area (Å²) in [5, 5.41) is 41.6. The number of amides is 2. The van der Waals surface area contributed by atoms with Gasteiger partial charge in [-0.3, -0.25) is 33.3 Å². The molecule has 2 aliphatic rings. The maximum absolute atomic E-state index is 14.2. The molecule has 0 atom stereocenters. The van der Waals surface area contributed by atoms with E-state index in [2.05, 4.69) is 30.2 Å². The summed E-state index contributed by atoms with van der Waals surface area (Å²) in [6, 6.07) is 19.9. The van der Waals surface area contributed by atoms with Crippen molar-refractivity contribution in [3.63, 3.8) is 0 Å². The number of alkyl halides is 6. The molecule has 8 rings (SSSR count). The number of nitrogens with one attached hydrogen (secondary N) is 2. The Morgan fingerprint density at radius 1 is 0.618 bits per heavy atom. The van der Waals surface area contributed by atoms with Crippen molar-refractivity contribution in [1.29, 1.82) is 0 Å². The molecule has 17 nitrogen and oxygen atoms in total. The third-order valence-electron chi connectivity index (χ3n) is 13.4. The Balaban J connectivity index is 1.02. The molecule has 2 aromatic heterocycles. The number of hydrogen-bond acceptors (Lipinski definition) is 13. The molecule has 0 saturated carbocycles. The number of ether oxygens (including phenoxy) is 2. The highest BCUT2D eigenvalue weighted by Gasteiger charge is 2.34. The average Bonchev–Trinajstić information content (AvgIpc) is 4.19. The van der Waals surface area contributed by atoms with E-state index in [1.807, 2.05) is 50.5 Å². The monoisotopic (exact) mass is 1060 g/mol. The number of aromatic nitrogens is 6. The summed E-state index contributed by atoms with van der Waals surface area (Å²) < 4.78 is 94.0. The van der Waals surface area contributed by atoms with Crippen molar-refractivity contribution in [2.24, 2.45) is 5.92 Å². The van der Waals surface area contributed by atoms with Crippen LogP contribution in [0.1, 0.15) is 109 Å². The number of carbonyl (C=O) groups excluding carboxylic acids is 3. The molecule has 4 N–H and O–H groups in total. The number of halogens is 6. The minimum absolute atomic E-state index is 0.0357. The van der Waals surface area contributed by atoms with Crippen LogP contribution in [0.3, 0.4) is 0 Å². The molecule has 2 aliphatic heterocycles. The fourth-order valence-electron chi connectivity index (χ4n) is 9.40. The summed E-state index contributed by atoms with van der Waals surface area (Å²) in [5.74, 6) is -4.76. The molecule has 23 heteroatoms. The minimum Gasteiger partial charge on any atom is -0.508 e. The number of rotatable bonds is 17. The molecule has 0 bridgehead atoms. The lowest BCUT2D eigenvalue weighted by Crippen LogP contribution is -2.37. The molecule has 4 aromatic carbocycles. The Hall–Kier alpha value is -7.53. The quantitative estimate of drug-likeness (QED) is 0.0384. The van der Waals surface area contributed by atoms with Crippen molar-refractivity contribution < 1.29 is 60.4 Å². The number of benzene rings is 4. The molecule has 76 heavy (non-hydrogen) atoms. The van der Waals surface area contributed by atoms with Gasteiger partial charge in [0.25, 0.3) is 11.8 Å². The normalized spacial score (nSPS) is 14.9. The lowest BCUT2D eigenvalue weighted by Gasteiger charge is -2.31. The molecule has 0 radical (unpaired) electrons. The van der Waals surface area contributed by atoms with Crippen molar-refractivity contribution in [2.45, 2.75) is 90.7 Å². The molecule has 6 aromatic rings. The van der Waals surface area contributed by atoms with E-state index < -0.39 is 66.5 Å². The lowest BCUT2D eigenvalue weighted by atomic mass is 9.96. The molecule has 0 spiro atoms. The van der Waals surface area contributed by atoms with Crippen molar-refractivity contribution >= 4 is 17.8 Å². The van der Waals surface area contributed by atoms with Gasteiger partial charge in [-0.15, -0.1) is 20.4 Å². The second-order valence-electron chi connectivity index (χ2n) is 19.6. The van der Waals surface area contributed by atoms with E-state index in [0.29, 0.717) is 67.3 Å². The molecular weight excluding hydrogens is 1000 g/mol. The van der Waals surface area contributed by atoms with Crippen LogP contribution < -0.4 is 20.1 Å². The predicted octanol–water partition coefficient (Wildman–Crippen LogP) is 8.85. The summed E-state index contributed by atoms with van der Waals surface area (Å²) in [7, 11) is 1.47. The number of nitrogens with zero attached hydrogens (tertiary/aromatic N) is 8. The van der Waals surface area contributed by atoms with Crippen LogP contribution in [0.5, 0.6) is 23.0 Å². The molecular formula is C53H58F6N10O7. The van der Waals surface area contributed by atoms with Crippen molar-refractivity contribution in [3.05, 3.63) is 107 Å². The molecule has 404 valence electrons. The Labute approximate surface area is 433 Å². The van der Waals surface area contributed by atoms with Gasteiger partial charge >= 0.3 is 18.3 Å². The van der Waals surface area contributed by atoms with Gasteiger partial charge < -0.3 is 30.3 Å². The zero-order valence-electron chi connectivity index (χ0n) is 42.4. The maximum Gasteiger partial charge on any atom is 0.405 e. The van der Waals surface area contributed by atoms with Gasteiger partial charge in [-0.1, -0.05) is 52.0 Å². The number of esters is 1. The van der Waals surface area contributed by atoms with Crippen LogP contribution in [0.4, 0.5) is 26.3 Å². The molecule has 4 heterocycles. The van der Waals surface area contributed by atoms with Crippen molar-refractivity contribution in [1.82, 2.24) is 50.0 Å². The fourth-order valence-corrected chi connectivity index (χ4v) is 9.40. The number of carbonyl (C=O) groups is 3. The highest BCUT2D eigenvalue weighted by molar-refractivity contribution is 5.93. The Morgan fingerprint density at radius 2 is 1.08 bits per heavy atom. The number of phenols is 2. The van der Waals surface area contributed by atoms with E-state index >= 15 is 0 Å². The third-order valence-corrected chi connectivity index (χ3v) is 13.4. The van der Waals surface area contributed by atoms with E-state index in [0.717, 1.165) is 43.1 Å². The summed E-state index contributed by atoms with van der Waals surface area (Å²) in [5.41, 5.74) is 3.96. The van der Waals surface area contributed by atoms with Gasteiger partial charge in [0, 0.05) is 36.6 Å². The summed E-state index contributed by atoms with van der Waals surface area (Å²) in [6.07, 6.45) is -6.41. The first-order valence-corrected chi connectivity index (χ1v) is 24.8. The topological polar surface area (TPSA) is 202 Å². The van der Waals surface area contributed by atoms with E-state index in [4.69, 9.17) is 9.47 Å². The highest BCUT2D eigenvalue weighted by atomic mass is 19.4. The third kappa shape index (κ3) is 12.8. The number of hydrogen-bond donors (Lipinski definition) is 4. The van der Waals surface area contributed by atoms with Crippen molar-refractivity contribution in [3.8, 4) is 57.1 Å². The van der Waals surface area contributed by atoms with E-state index in [9.17, 15) is 50.9 Å². The number of phenolic OH excluding ortho intramolecular Hbond substituents is 2. The Morgan fingerprint density at radius 3 is 1.54 bits per heavy atom. The van der Waals surface area contributed by atoms with Crippen LogP contribution >= 0.6 is 0 Å². The summed E-state index contributed by atoms with van der Waals surface area (Å²) in [4.78, 5) is 45.2. The minimum atomic E-state index is -4.70. The number of methoxy groups -OCH3 is 1. The summed E-state index contributed by atoms with van der Waals surface area (Å²) in [6.45, 7) is 8.27. The predicted molar refractivity (Wildman–Crippen MR) is 267 cm³/mol. The number of piperidine rings is 1. The number of aromatic hydroxyl groups is 2. The average molecular weight is 1060 g/mol.